The van der Waals surface area contributed by atoms with E-state index < -0.39 is 0 Å². The molecule has 0 radical (unpaired) electrons. The average Bonchev–Trinajstić information content (AvgIpc) is 1.67. The fourth-order valence-electron chi connectivity index (χ4n) is 33.8. The topological polar surface area (TPSA) is 0 Å². The van der Waals surface area contributed by atoms with E-state index in [1.807, 2.05) is 6.08 Å². The standard InChI is InChI=1S/C17H30.C15H26.C13H22.C13H20.C11H18.3C11H16.2C9H14.2C8H12.C7H10/c1-2-3-4-5-6-7-8-9-10-16-13-15-11-12-17(16)14-15;1-2-3-4-5-6-7-8-14-11-13-9-10-15(14)12-13;2*1-2-3-4-5-6-12-9-11-7-8-13(12)10-11;4*1-2-3-4-10-7-9-5-6-11(10)8-9;2*1-2-8-5-7-3-4-9(8)6-7;2*1-6-4-7-2-3-8(6)5-7;1-2-7-4-3-6(1)5-7/h11-12,15-17H,2-10,13-14H2,1H3;9-10,13-15H,2-8,11-12H2,1H3;7-8,11-13H,2-6,9-10H2,1H3;2,7-8,11-13H,1,3-6,9-10H2;5-6,9-11H,2-4,7-8H2,1H3;3-6,9-11H,2,7-8H2,1H3;2-3,5-6,9-11H,4,7-8H2,1H3;2,5-6,9-11H,1,3-4,7-8H2;2*3-4,7-9H,2,5-6H2,1H3;2*2-3,6-8H,4-5H2,1H3;1-2,6-7H,3-5H2/b;;;;;4-3+;3-2+;;;;;;. The van der Waals surface area contributed by atoms with Crippen molar-refractivity contribution in [1.29, 1.82) is 0 Å². The Kier molecular flexibility index (Phi) is 49.9. The van der Waals surface area contributed by atoms with E-state index in [1.54, 1.807) is 0 Å². The van der Waals surface area contributed by atoms with Crippen LogP contribution in [0.25, 0.3) is 0 Å². The monoisotopic (exact) mass is 1940 g/mol. The molecular weight excluding hydrogens is 1720 g/mol. The summed E-state index contributed by atoms with van der Waals surface area (Å²) in [6, 6.07) is 0. The van der Waals surface area contributed by atoms with Crippen LogP contribution in [0.5, 0.6) is 0 Å². The first-order valence-corrected chi connectivity index (χ1v) is 64.5. The number of fused-ring (bicyclic) bond motifs is 26. The lowest BCUT2D eigenvalue weighted by atomic mass is 9.88. The van der Waals surface area contributed by atoms with E-state index >= 15 is 0 Å². The van der Waals surface area contributed by atoms with Gasteiger partial charge in [-0.3, -0.25) is 0 Å². The van der Waals surface area contributed by atoms with Gasteiger partial charge in [-0.25, -0.2) is 0 Å². The number of hydrogen-bond acceptors (Lipinski definition) is 0. The van der Waals surface area contributed by atoms with Gasteiger partial charge in [0.2, 0.25) is 0 Å². The van der Waals surface area contributed by atoms with Crippen LogP contribution in [0.4, 0.5) is 0 Å². The second kappa shape index (κ2) is 62.5. The van der Waals surface area contributed by atoms with Gasteiger partial charge in [0, 0.05) is 0 Å². The van der Waals surface area contributed by atoms with Gasteiger partial charge in [0.25, 0.3) is 0 Å². The first kappa shape index (κ1) is 114. The summed E-state index contributed by atoms with van der Waals surface area (Å²) in [5.74, 6) is 37.2. The van der Waals surface area contributed by atoms with Crippen molar-refractivity contribution in [2.24, 2.45) is 225 Å². The fourth-order valence-corrected chi connectivity index (χ4v) is 33.8. The Morgan fingerprint density at radius 1 is 0.210 bits per heavy atom. The molecule has 0 aromatic rings. The minimum atomic E-state index is 0.880. The summed E-state index contributed by atoms with van der Waals surface area (Å²) in [5, 5.41) is 0. The first-order valence-electron chi connectivity index (χ1n) is 64.5. The molecule has 0 aromatic heterocycles. The molecule has 13 saturated carbocycles. The van der Waals surface area contributed by atoms with E-state index in [1.165, 1.54) is 392 Å². The minimum absolute atomic E-state index is 0.880. The van der Waals surface area contributed by atoms with E-state index in [0.717, 1.165) is 225 Å². The van der Waals surface area contributed by atoms with Crippen molar-refractivity contribution in [2.45, 2.75) is 461 Å². The summed E-state index contributed by atoms with van der Waals surface area (Å²) in [7, 11) is 0. The minimum Gasteiger partial charge on any atom is -0.103 e. The van der Waals surface area contributed by atoms with Crippen LogP contribution >= 0.6 is 0 Å². The highest BCUT2D eigenvalue weighted by atomic mass is 14.5. The highest BCUT2D eigenvalue weighted by molar-refractivity contribution is 5.20. The van der Waals surface area contributed by atoms with E-state index in [0.29, 0.717) is 0 Å². The van der Waals surface area contributed by atoms with Gasteiger partial charge in [-0.15, -0.1) is 13.2 Å². The molecule has 38 unspecified atom stereocenters. The lowest BCUT2D eigenvalue weighted by Gasteiger charge is -2.17. The molecule has 0 amide bonds. The predicted molar refractivity (Wildman–Crippen MR) is 628 cm³/mol. The highest BCUT2D eigenvalue weighted by Crippen LogP contribution is 2.55. The quantitative estimate of drug-likeness (QED) is 0.0427. The Morgan fingerprint density at radius 3 is 0.678 bits per heavy atom. The van der Waals surface area contributed by atoms with Crippen molar-refractivity contribution in [3.63, 3.8) is 0 Å². The number of allylic oxidation sites excluding steroid dienone is 32. The average molecular weight is 1950 g/mol. The Bertz CT molecular complexity index is 3950. The maximum atomic E-state index is 3.77. The lowest BCUT2D eigenvalue weighted by Crippen LogP contribution is -2.06. The molecule has 26 rings (SSSR count). The summed E-state index contributed by atoms with van der Waals surface area (Å²) < 4.78 is 0. The summed E-state index contributed by atoms with van der Waals surface area (Å²) in [6.45, 7) is 30.4. The van der Waals surface area contributed by atoms with Crippen molar-refractivity contribution >= 4 is 0 Å². The van der Waals surface area contributed by atoms with Gasteiger partial charge in [-0.05, 0) is 476 Å². The Hall–Kier alpha value is -4.42. The summed E-state index contributed by atoms with van der Waals surface area (Å²) >= 11 is 0. The van der Waals surface area contributed by atoms with Crippen LogP contribution in [-0.4, -0.2) is 0 Å². The van der Waals surface area contributed by atoms with Gasteiger partial charge in [-0.2, -0.15) is 0 Å². The Balaban J connectivity index is 0.000000124. The van der Waals surface area contributed by atoms with Crippen molar-refractivity contribution in [3.05, 3.63) is 208 Å². The molecule has 26 aliphatic rings. The van der Waals surface area contributed by atoms with Crippen LogP contribution in [0, 0.1) is 225 Å². The van der Waals surface area contributed by atoms with E-state index in [9.17, 15) is 0 Å². The molecule has 0 aliphatic heterocycles. The zero-order valence-corrected chi connectivity index (χ0v) is 95.0. The second-order valence-electron chi connectivity index (χ2n) is 53.2. The molecule has 0 spiro atoms. The van der Waals surface area contributed by atoms with Crippen LogP contribution in [0.15, 0.2) is 208 Å². The summed E-state index contributed by atoms with van der Waals surface area (Å²) in [5.41, 5.74) is 0. The molecule has 143 heavy (non-hydrogen) atoms. The third kappa shape index (κ3) is 36.4. The van der Waals surface area contributed by atoms with E-state index in [2.05, 4.69) is 271 Å². The van der Waals surface area contributed by atoms with Crippen LogP contribution in [-0.2, 0) is 0 Å². The van der Waals surface area contributed by atoms with Gasteiger partial charge in [-0.1, -0.05) is 404 Å². The SMILES string of the molecule is C/C=C/CC1CC2C=CC1C2.C1=CC2CCC1C2.C=CCCC1CC2C=CC1C2.C=CCCCCC1CC2C=CC1C2.CC/C=C/C1CC2C=CC1C2.CC1CC2C=CC1C2.CC1CC2C=CC1C2.CCC1CC2C=CC1C2.CCC1CC2C=CC1C2.CCCCC1CC2C=CC1C2.CCCCCCC1CC2C=CC1C2.CCCCCCCCC1CC2C=CC1C2.CCCCCCCCCCC1CC2C=CC1C2. The largest absolute Gasteiger partial charge is 0.103 e. The summed E-state index contributed by atoms with van der Waals surface area (Å²) in [4.78, 5) is 0. The zero-order chi connectivity index (χ0) is 99.7. The molecule has 0 N–H and O–H groups in total. The Labute approximate surface area is 887 Å². The van der Waals surface area contributed by atoms with Crippen LogP contribution in [0.1, 0.15) is 461 Å². The van der Waals surface area contributed by atoms with Gasteiger partial charge in [0.15, 0.2) is 0 Å². The number of hydrogen-bond donors (Lipinski definition) is 0. The molecule has 0 nitrogen and oxygen atoms in total. The van der Waals surface area contributed by atoms with E-state index in [4.69, 9.17) is 0 Å². The molecule has 0 heterocycles. The highest BCUT2D eigenvalue weighted by Gasteiger charge is 2.44. The van der Waals surface area contributed by atoms with Crippen LogP contribution in [0.2, 0.25) is 0 Å². The summed E-state index contributed by atoms with van der Waals surface area (Å²) in [6.07, 6.45) is 165. The number of unbranched alkanes of at least 4 members (excludes halogenated alkanes) is 18. The number of rotatable bonds is 38. The molecule has 26 bridgehead atoms. The molecular formula is C143H226. The third-order valence-electron chi connectivity index (χ3n) is 42.5. The molecule has 0 aromatic carbocycles. The van der Waals surface area contributed by atoms with Crippen LogP contribution in [0.3, 0.4) is 0 Å². The van der Waals surface area contributed by atoms with E-state index in [-0.39, 0.29) is 0 Å². The van der Waals surface area contributed by atoms with Gasteiger partial charge >= 0.3 is 0 Å². The fraction of sp³-hybridized carbons (Fsp3) is 0.762. The van der Waals surface area contributed by atoms with Crippen molar-refractivity contribution in [1.82, 2.24) is 0 Å². The first-order chi connectivity index (χ1) is 70.2. The molecule has 38 atom stereocenters. The van der Waals surface area contributed by atoms with Gasteiger partial charge in [0.1, 0.15) is 0 Å². The molecule has 13 fully saturated rings. The lowest BCUT2D eigenvalue weighted by molar-refractivity contribution is 0.393. The second-order valence-corrected chi connectivity index (χ2v) is 53.2. The van der Waals surface area contributed by atoms with Crippen LogP contribution < -0.4 is 0 Å². The molecule has 26 aliphatic carbocycles. The van der Waals surface area contributed by atoms with Crippen molar-refractivity contribution < 1.29 is 0 Å². The Morgan fingerprint density at radius 2 is 0.462 bits per heavy atom. The molecule has 0 heteroatoms. The van der Waals surface area contributed by atoms with Gasteiger partial charge < -0.3 is 0 Å². The van der Waals surface area contributed by atoms with Crippen molar-refractivity contribution in [2.75, 3.05) is 0 Å². The van der Waals surface area contributed by atoms with Crippen molar-refractivity contribution in [3.8, 4) is 0 Å². The van der Waals surface area contributed by atoms with Gasteiger partial charge in [0.05, 0.1) is 0 Å². The predicted octanol–water partition coefficient (Wildman–Crippen LogP) is 43.3. The zero-order valence-electron chi connectivity index (χ0n) is 95.0. The molecule has 798 valence electrons. The maximum absolute atomic E-state index is 3.77. The normalized spacial score (nSPS) is 39.8. The third-order valence-corrected chi connectivity index (χ3v) is 42.5. The molecule has 0 saturated heterocycles. The maximum Gasteiger partial charge on any atom is -0.0165 e. The smallest absolute Gasteiger partial charge is 0.0165 e.